The van der Waals surface area contributed by atoms with Crippen LogP contribution in [-0.4, -0.2) is 36.1 Å². The Morgan fingerprint density at radius 1 is 1.47 bits per heavy atom. The maximum atomic E-state index is 4.31. The number of pyridine rings is 1. The third-order valence-corrected chi connectivity index (χ3v) is 2.30. The highest BCUT2D eigenvalue weighted by atomic mass is 15.1. The number of aromatic nitrogens is 1. The smallest absolute Gasteiger partial charge is 0.0543 e. The van der Waals surface area contributed by atoms with Gasteiger partial charge in [-0.1, -0.05) is 13.0 Å². The molecule has 1 aromatic rings. The van der Waals surface area contributed by atoms with Crippen molar-refractivity contribution < 1.29 is 0 Å². The molecule has 0 aliphatic heterocycles. The lowest BCUT2D eigenvalue weighted by atomic mass is 10.3. The molecule has 1 aromatic heterocycles. The maximum Gasteiger partial charge on any atom is 0.0543 e. The van der Waals surface area contributed by atoms with Gasteiger partial charge in [-0.2, -0.15) is 0 Å². The molecule has 3 heteroatoms. The second kappa shape index (κ2) is 6.53. The molecule has 0 fully saturated rings. The lowest BCUT2D eigenvalue weighted by Gasteiger charge is -2.21. The molecule has 15 heavy (non-hydrogen) atoms. The predicted molar refractivity (Wildman–Crippen MR) is 63.7 cm³/mol. The molecule has 0 aliphatic carbocycles. The quantitative estimate of drug-likeness (QED) is 0.766. The van der Waals surface area contributed by atoms with E-state index in [9.17, 15) is 0 Å². The van der Waals surface area contributed by atoms with Crippen LogP contribution in [0.5, 0.6) is 0 Å². The van der Waals surface area contributed by atoms with Crippen LogP contribution in [0.15, 0.2) is 24.4 Å². The summed E-state index contributed by atoms with van der Waals surface area (Å²) < 4.78 is 0. The summed E-state index contributed by atoms with van der Waals surface area (Å²) >= 11 is 0. The lowest BCUT2D eigenvalue weighted by Crippen LogP contribution is -2.37. The number of rotatable bonds is 6. The standard InChI is InChI=1S/C12H21N3/c1-4-13-11(2)9-15(3)10-12-7-5-6-8-14-12/h5-8,11,13H,4,9-10H2,1-3H3. The van der Waals surface area contributed by atoms with Crippen molar-refractivity contribution in [2.45, 2.75) is 26.4 Å². The molecule has 1 unspecified atom stereocenters. The fourth-order valence-electron chi connectivity index (χ4n) is 1.71. The Morgan fingerprint density at radius 2 is 2.27 bits per heavy atom. The van der Waals surface area contributed by atoms with Gasteiger partial charge in [-0.3, -0.25) is 9.88 Å². The molecule has 3 nitrogen and oxygen atoms in total. The zero-order valence-corrected chi connectivity index (χ0v) is 9.90. The summed E-state index contributed by atoms with van der Waals surface area (Å²) in [6, 6.07) is 6.58. The van der Waals surface area contributed by atoms with Crippen LogP contribution in [-0.2, 0) is 6.54 Å². The largest absolute Gasteiger partial charge is 0.313 e. The summed E-state index contributed by atoms with van der Waals surface area (Å²) in [6.45, 7) is 7.33. The van der Waals surface area contributed by atoms with Gasteiger partial charge in [0.25, 0.3) is 0 Å². The van der Waals surface area contributed by atoms with Gasteiger partial charge in [-0.15, -0.1) is 0 Å². The van der Waals surface area contributed by atoms with Crippen molar-refractivity contribution in [2.24, 2.45) is 0 Å². The van der Waals surface area contributed by atoms with Crippen molar-refractivity contribution in [1.29, 1.82) is 0 Å². The van der Waals surface area contributed by atoms with Gasteiger partial charge in [-0.05, 0) is 32.6 Å². The van der Waals surface area contributed by atoms with Gasteiger partial charge in [0.15, 0.2) is 0 Å². The molecule has 1 N–H and O–H groups in total. The zero-order valence-electron chi connectivity index (χ0n) is 9.90. The van der Waals surface area contributed by atoms with Crippen molar-refractivity contribution >= 4 is 0 Å². The minimum atomic E-state index is 0.531. The maximum absolute atomic E-state index is 4.31. The van der Waals surface area contributed by atoms with E-state index in [1.165, 1.54) is 0 Å². The SMILES string of the molecule is CCNC(C)CN(C)Cc1ccccn1. The van der Waals surface area contributed by atoms with Crippen LogP contribution < -0.4 is 5.32 Å². The Bertz CT molecular complexity index is 261. The Kier molecular flexibility index (Phi) is 5.29. The Morgan fingerprint density at radius 3 is 2.87 bits per heavy atom. The van der Waals surface area contributed by atoms with Crippen molar-refractivity contribution in [2.75, 3.05) is 20.1 Å². The molecule has 84 valence electrons. The van der Waals surface area contributed by atoms with Crippen molar-refractivity contribution in [1.82, 2.24) is 15.2 Å². The first kappa shape index (κ1) is 12.1. The van der Waals surface area contributed by atoms with Crippen LogP contribution in [0.2, 0.25) is 0 Å². The lowest BCUT2D eigenvalue weighted by molar-refractivity contribution is 0.288. The van der Waals surface area contributed by atoms with Crippen LogP contribution in [0, 0.1) is 0 Å². The van der Waals surface area contributed by atoms with Gasteiger partial charge in [0.1, 0.15) is 0 Å². The summed E-state index contributed by atoms with van der Waals surface area (Å²) in [5, 5.41) is 3.40. The highest BCUT2D eigenvalue weighted by molar-refractivity contribution is 5.03. The molecule has 0 radical (unpaired) electrons. The Hall–Kier alpha value is -0.930. The first-order valence-electron chi connectivity index (χ1n) is 5.54. The zero-order chi connectivity index (χ0) is 11.1. The Labute approximate surface area is 92.5 Å². The molecule has 1 heterocycles. The van der Waals surface area contributed by atoms with Gasteiger partial charge in [0.05, 0.1) is 5.69 Å². The summed E-state index contributed by atoms with van der Waals surface area (Å²) in [4.78, 5) is 6.60. The molecular weight excluding hydrogens is 186 g/mol. The molecule has 1 rings (SSSR count). The number of nitrogens with zero attached hydrogens (tertiary/aromatic N) is 2. The molecule has 0 aliphatic rings. The number of hydrogen-bond donors (Lipinski definition) is 1. The molecule has 0 bridgehead atoms. The molecule has 1 atom stereocenters. The number of likely N-dealkylation sites (N-methyl/N-ethyl adjacent to an activating group) is 2. The van der Waals surface area contributed by atoms with Gasteiger partial charge < -0.3 is 5.32 Å². The summed E-state index contributed by atoms with van der Waals surface area (Å²) in [5.41, 5.74) is 1.13. The average Bonchev–Trinajstić information content (AvgIpc) is 2.19. The second-order valence-electron chi connectivity index (χ2n) is 3.98. The monoisotopic (exact) mass is 207 g/mol. The van der Waals surface area contributed by atoms with E-state index in [1.54, 1.807) is 0 Å². The second-order valence-corrected chi connectivity index (χ2v) is 3.98. The van der Waals surface area contributed by atoms with Crippen molar-refractivity contribution in [3.8, 4) is 0 Å². The molecule has 0 aromatic carbocycles. The van der Waals surface area contributed by atoms with Gasteiger partial charge in [0.2, 0.25) is 0 Å². The number of nitrogens with one attached hydrogen (secondary N) is 1. The van der Waals surface area contributed by atoms with E-state index < -0.39 is 0 Å². The molecule has 0 saturated heterocycles. The van der Waals surface area contributed by atoms with Gasteiger partial charge >= 0.3 is 0 Å². The highest BCUT2D eigenvalue weighted by Crippen LogP contribution is 1.99. The first-order chi connectivity index (χ1) is 7.22. The van der Waals surface area contributed by atoms with Crippen LogP contribution in [0.4, 0.5) is 0 Å². The number of hydrogen-bond acceptors (Lipinski definition) is 3. The van der Waals surface area contributed by atoms with E-state index in [1.807, 2.05) is 18.3 Å². The first-order valence-corrected chi connectivity index (χ1v) is 5.54. The van der Waals surface area contributed by atoms with Gasteiger partial charge in [-0.25, -0.2) is 0 Å². The fourth-order valence-corrected chi connectivity index (χ4v) is 1.71. The fraction of sp³-hybridized carbons (Fsp3) is 0.583. The molecular formula is C12H21N3. The minimum Gasteiger partial charge on any atom is -0.313 e. The highest BCUT2D eigenvalue weighted by Gasteiger charge is 2.05. The third kappa shape index (κ3) is 4.91. The van der Waals surface area contributed by atoms with Crippen molar-refractivity contribution in [3.63, 3.8) is 0 Å². The molecule has 0 amide bonds. The van der Waals surface area contributed by atoms with E-state index in [0.29, 0.717) is 6.04 Å². The average molecular weight is 207 g/mol. The van der Waals surface area contributed by atoms with E-state index in [0.717, 1.165) is 25.3 Å². The predicted octanol–water partition coefficient (Wildman–Crippen LogP) is 1.51. The summed E-state index contributed by atoms with van der Waals surface area (Å²) in [5.74, 6) is 0. The van der Waals surface area contributed by atoms with Crippen LogP contribution in [0.3, 0.4) is 0 Å². The summed E-state index contributed by atoms with van der Waals surface area (Å²) in [7, 11) is 2.13. The molecule has 0 spiro atoms. The van der Waals surface area contributed by atoms with E-state index in [2.05, 4.69) is 42.2 Å². The van der Waals surface area contributed by atoms with E-state index >= 15 is 0 Å². The summed E-state index contributed by atoms with van der Waals surface area (Å²) in [6.07, 6.45) is 1.84. The molecule has 0 saturated carbocycles. The minimum absolute atomic E-state index is 0.531. The Balaban J connectivity index is 2.33. The van der Waals surface area contributed by atoms with Gasteiger partial charge in [0, 0.05) is 25.3 Å². The van der Waals surface area contributed by atoms with E-state index in [-0.39, 0.29) is 0 Å². The van der Waals surface area contributed by atoms with Crippen molar-refractivity contribution in [3.05, 3.63) is 30.1 Å². The topological polar surface area (TPSA) is 28.2 Å². The van der Waals surface area contributed by atoms with Crippen LogP contribution >= 0.6 is 0 Å². The normalized spacial score (nSPS) is 13.1. The third-order valence-electron chi connectivity index (χ3n) is 2.30. The van der Waals surface area contributed by atoms with E-state index in [4.69, 9.17) is 0 Å². The van der Waals surface area contributed by atoms with Crippen LogP contribution in [0.25, 0.3) is 0 Å². The van der Waals surface area contributed by atoms with Crippen LogP contribution in [0.1, 0.15) is 19.5 Å².